The number of anilines is 1. The first kappa shape index (κ1) is 20.5. The van der Waals surface area contributed by atoms with Crippen molar-refractivity contribution in [3.8, 4) is 5.75 Å². The molecule has 0 saturated carbocycles. The molecule has 0 aliphatic heterocycles. The summed E-state index contributed by atoms with van der Waals surface area (Å²) in [7, 11) is 1.52. The summed E-state index contributed by atoms with van der Waals surface area (Å²) >= 11 is 5.78. The Morgan fingerprint density at radius 3 is 2.44 bits per heavy atom. The summed E-state index contributed by atoms with van der Waals surface area (Å²) in [6, 6.07) is 13.2. The lowest BCUT2D eigenvalue weighted by molar-refractivity contribution is -0.153. The Bertz CT molecular complexity index is 819. The van der Waals surface area contributed by atoms with Gasteiger partial charge in [-0.25, -0.2) is 0 Å². The van der Waals surface area contributed by atoms with Crippen LogP contribution in [0.1, 0.15) is 30.1 Å². The summed E-state index contributed by atoms with van der Waals surface area (Å²) in [5, 5.41) is 3.17. The Hall–Kier alpha value is -2.86. The largest absolute Gasteiger partial charge is 0.497 e. The molecule has 0 fully saturated rings. The number of methoxy groups -OCH3 is 1. The van der Waals surface area contributed by atoms with Crippen molar-refractivity contribution in [1.82, 2.24) is 0 Å². The van der Waals surface area contributed by atoms with Crippen LogP contribution in [0.25, 0.3) is 0 Å². The molecule has 0 saturated heterocycles. The van der Waals surface area contributed by atoms with Gasteiger partial charge >= 0.3 is 5.97 Å². The van der Waals surface area contributed by atoms with Crippen LogP contribution in [0.4, 0.5) is 5.69 Å². The molecule has 142 valence electrons. The number of hydrogen-bond donors (Lipinski definition) is 1. The van der Waals surface area contributed by atoms with Crippen LogP contribution in [0.3, 0.4) is 0 Å². The average Bonchev–Trinajstić information content (AvgIpc) is 2.66. The van der Waals surface area contributed by atoms with E-state index in [0.29, 0.717) is 22.0 Å². The molecule has 1 amide bonds. The number of ether oxygens (including phenoxy) is 2. The maximum atomic E-state index is 12.1. The van der Waals surface area contributed by atoms with E-state index in [2.05, 4.69) is 5.32 Å². The van der Waals surface area contributed by atoms with Crippen LogP contribution in [-0.4, -0.2) is 30.9 Å². The number of rotatable bonds is 8. The molecular weight excluding hydrogens is 370 g/mol. The molecule has 0 radical (unpaired) electrons. The molecular formula is C20H20ClNO5. The zero-order valence-electron chi connectivity index (χ0n) is 15.0. The molecule has 0 aliphatic rings. The highest BCUT2D eigenvalue weighted by Gasteiger charge is 2.19. The Morgan fingerprint density at radius 2 is 1.78 bits per heavy atom. The highest BCUT2D eigenvalue weighted by Crippen LogP contribution is 2.17. The quantitative estimate of drug-likeness (QED) is 0.547. The summed E-state index contributed by atoms with van der Waals surface area (Å²) in [6.45, 7) is 1.47. The lowest BCUT2D eigenvalue weighted by Crippen LogP contribution is -2.30. The number of Topliss-reactive ketones (excluding diaryl/α,β-unsaturated/α-hetero) is 1. The second-order valence-electron chi connectivity index (χ2n) is 5.78. The molecule has 1 N–H and O–H groups in total. The number of halogens is 1. The first-order valence-corrected chi connectivity index (χ1v) is 8.70. The second-order valence-corrected chi connectivity index (χ2v) is 6.22. The lowest BCUT2D eigenvalue weighted by Gasteiger charge is -2.14. The van der Waals surface area contributed by atoms with Crippen molar-refractivity contribution < 1.29 is 23.9 Å². The second kappa shape index (κ2) is 9.73. The monoisotopic (exact) mass is 389 g/mol. The number of esters is 1. The van der Waals surface area contributed by atoms with Gasteiger partial charge in [0, 0.05) is 28.8 Å². The summed E-state index contributed by atoms with van der Waals surface area (Å²) in [6.07, 6.45) is -1.11. The first-order valence-electron chi connectivity index (χ1n) is 8.32. The molecule has 27 heavy (non-hydrogen) atoms. The summed E-state index contributed by atoms with van der Waals surface area (Å²) in [4.78, 5) is 36.1. The van der Waals surface area contributed by atoms with Gasteiger partial charge in [-0.15, -0.1) is 0 Å². The molecule has 0 aromatic heterocycles. The van der Waals surface area contributed by atoms with Crippen molar-refractivity contribution in [1.29, 1.82) is 0 Å². The number of amides is 1. The maximum absolute atomic E-state index is 12.1. The Balaban J connectivity index is 1.80. The van der Waals surface area contributed by atoms with Gasteiger partial charge in [0.2, 0.25) is 0 Å². The molecule has 2 aromatic carbocycles. The minimum absolute atomic E-state index is 0.00924. The van der Waals surface area contributed by atoms with Gasteiger partial charge in [-0.05, 0) is 43.3 Å². The minimum atomic E-state index is -0.991. The Labute approximate surface area is 162 Å². The third kappa shape index (κ3) is 6.42. The number of carbonyl (C=O) groups excluding carboxylic acids is 3. The predicted octanol–water partition coefficient (Wildman–Crippen LogP) is 3.88. The van der Waals surface area contributed by atoms with E-state index in [-0.39, 0.29) is 18.6 Å². The van der Waals surface area contributed by atoms with Crippen LogP contribution < -0.4 is 10.1 Å². The summed E-state index contributed by atoms with van der Waals surface area (Å²) in [5.41, 5.74) is 0.996. The number of benzene rings is 2. The van der Waals surface area contributed by atoms with E-state index in [0.717, 1.165) is 0 Å². The zero-order chi connectivity index (χ0) is 19.8. The highest BCUT2D eigenvalue weighted by molar-refractivity contribution is 6.30. The van der Waals surface area contributed by atoms with Crippen molar-refractivity contribution in [2.75, 3.05) is 12.4 Å². The fraction of sp³-hybridized carbons (Fsp3) is 0.250. The van der Waals surface area contributed by atoms with E-state index in [1.165, 1.54) is 14.0 Å². The summed E-state index contributed by atoms with van der Waals surface area (Å²) < 4.78 is 10.2. The van der Waals surface area contributed by atoms with Crippen molar-refractivity contribution in [3.63, 3.8) is 0 Å². The number of hydrogen-bond acceptors (Lipinski definition) is 5. The van der Waals surface area contributed by atoms with Gasteiger partial charge in [0.25, 0.3) is 5.91 Å². The average molecular weight is 390 g/mol. The fourth-order valence-electron chi connectivity index (χ4n) is 2.25. The van der Waals surface area contributed by atoms with Crippen molar-refractivity contribution >= 4 is 34.9 Å². The van der Waals surface area contributed by atoms with Gasteiger partial charge < -0.3 is 14.8 Å². The first-order chi connectivity index (χ1) is 12.9. The molecule has 2 aromatic rings. The molecule has 0 heterocycles. The van der Waals surface area contributed by atoms with Gasteiger partial charge in [-0.3, -0.25) is 14.4 Å². The summed E-state index contributed by atoms with van der Waals surface area (Å²) in [5.74, 6) is -0.693. The van der Waals surface area contributed by atoms with E-state index >= 15 is 0 Å². The maximum Gasteiger partial charge on any atom is 0.307 e. The third-order valence-electron chi connectivity index (χ3n) is 3.74. The lowest BCUT2D eigenvalue weighted by atomic mass is 10.1. The van der Waals surface area contributed by atoms with E-state index in [1.807, 2.05) is 0 Å². The molecule has 0 unspecified atom stereocenters. The van der Waals surface area contributed by atoms with Crippen LogP contribution in [-0.2, 0) is 14.3 Å². The highest BCUT2D eigenvalue weighted by atomic mass is 35.5. The van der Waals surface area contributed by atoms with Crippen molar-refractivity contribution in [2.24, 2.45) is 0 Å². The molecule has 0 aliphatic carbocycles. The van der Waals surface area contributed by atoms with Gasteiger partial charge in [0.15, 0.2) is 11.9 Å². The van der Waals surface area contributed by atoms with E-state index in [4.69, 9.17) is 21.1 Å². The SMILES string of the molecule is COc1cccc(NC(=O)[C@H](C)OC(=O)CCC(=O)c2ccc(Cl)cc2)c1. The molecule has 7 heteroatoms. The van der Waals surface area contributed by atoms with E-state index in [1.54, 1.807) is 48.5 Å². The van der Waals surface area contributed by atoms with Crippen LogP contribution in [0.15, 0.2) is 48.5 Å². The number of ketones is 1. The van der Waals surface area contributed by atoms with Crippen LogP contribution in [0.5, 0.6) is 5.75 Å². The molecule has 6 nitrogen and oxygen atoms in total. The smallest absolute Gasteiger partial charge is 0.307 e. The van der Waals surface area contributed by atoms with Gasteiger partial charge in [-0.1, -0.05) is 17.7 Å². The van der Waals surface area contributed by atoms with Crippen LogP contribution in [0, 0.1) is 0 Å². The molecule has 0 spiro atoms. The fourth-order valence-corrected chi connectivity index (χ4v) is 2.38. The van der Waals surface area contributed by atoms with Crippen molar-refractivity contribution in [3.05, 3.63) is 59.1 Å². The van der Waals surface area contributed by atoms with E-state index < -0.39 is 18.0 Å². The zero-order valence-corrected chi connectivity index (χ0v) is 15.8. The van der Waals surface area contributed by atoms with Gasteiger partial charge in [-0.2, -0.15) is 0 Å². The van der Waals surface area contributed by atoms with Gasteiger partial charge in [0.05, 0.1) is 13.5 Å². The number of carbonyl (C=O) groups is 3. The Kier molecular flexibility index (Phi) is 7.37. The van der Waals surface area contributed by atoms with Gasteiger partial charge in [0.1, 0.15) is 5.75 Å². The number of nitrogens with one attached hydrogen (secondary N) is 1. The third-order valence-corrected chi connectivity index (χ3v) is 3.99. The molecule has 1 atom stereocenters. The predicted molar refractivity (Wildman–Crippen MR) is 102 cm³/mol. The Morgan fingerprint density at radius 1 is 1.07 bits per heavy atom. The normalized spacial score (nSPS) is 11.4. The van der Waals surface area contributed by atoms with Crippen LogP contribution >= 0.6 is 11.6 Å². The molecule has 0 bridgehead atoms. The van der Waals surface area contributed by atoms with Crippen LogP contribution in [0.2, 0.25) is 5.02 Å². The van der Waals surface area contributed by atoms with E-state index in [9.17, 15) is 14.4 Å². The standard InChI is InChI=1S/C20H20ClNO5/c1-13(20(25)22-16-4-3-5-17(12-16)26-2)27-19(24)11-10-18(23)14-6-8-15(21)9-7-14/h3-9,12-13H,10-11H2,1-2H3,(H,22,25)/t13-/m0/s1. The molecule has 2 rings (SSSR count). The van der Waals surface area contributed by atoms with Crippen molar-refractivity contribution in [2.45, 2.75) is 25.9 Å². The minimum Gasteiger partial charge on any atom is -0.497 e. The topological polar surface area (TPSA) is 81.7 Å².